The highest BCUT2D eigenvalue weighted by Crippen LogP contribution is 2.33. The van der Waals surface area contributed by atoms with Crippen molar-refractivity contribution in [3.63, 3.8) is 0 Å². The topological polar surface area (TPSA) is 25.5 Å². The molecule has 0 N–H and O–H groups in total. The van der Waals surface area contributed by atoms with E-state index >= 15 is 0 Å². The number of anilines is 1. The molecular formula is C28H26N4. The number of aromatic nitrogens is 3. The van der Waals surface area contributed by atoms with Gasteiger partial charge >= 0.3 is 0 Å². The summed E-state index contributed by atoms with van der Waals surface area (Å²) >= 11 is 0. The van der Waals surface area contributed by atoms with E-state index in [1.807, 2.05) is 0 Å². The average Bonchev–Trinajstić information content (AvgIpc) is 3.24. The number of fused-ring (bicyclic) bond motifs is 5. The molecule has 1 aliphatic rings. The zero-order valence-electron chi connectivity index (χ0n) is 18.4. The van der Waals surface area contributed by atoms with Gasteiger partial charge < -0.3 is 4.90 Å². The van der Waals surface area contributed by atoms with Crippen molar-refractivity contribution in [1.82, 2.24) is 14.0 Å². The lowest BCUT2D eigenvalue weighted by Crippen LogP contribution is -2.34. The maximum atomic E-state index is 5.05. The fourth-order valence-electron chi connectivity index (χ4n) is 5.07. The highest BCUT2D eigenvalue weighted by molar-refractivity contribution is 5.82. The first-order chi connectivity index (χ1) is 15.7. The van der Waals surface area contributed by atoms with Crippen molar-refractivity contribution in [2.24, 2.45) is 0 Å². The summed E-state index contributed by atoms with van der Waals surface area (Å²) in [4.78, 5) is 7.49. The number of likely N-dealkylation sites (N-methyl/N-ethyl adjacent to an activating group) is 1. The van der Waals surface area contributed by atoms with Gasteiger partial charge in [-0.1, -0.05) is 54.6 Å². The molecule has 0 radical (unpaired) electrons. The van der Waals surface area contributed by atoms with Crippen LogP contribution in [0.25, 0.3) is 28.6 Å². The molecule has 1 atom stereocenters. The van der Waals surface area contributed by atoms with Crippen molar-refractivity contribution in [3.05, 3.63) is 102 Å². The molecule has 2 heterocycles. The zero-order chi connectivity index (χ0) is 21.7. The van der Waals surface area contributed by atoms with E-state index < -0.39 is 0 Å². The number of imidazole rings is 2. The standard InChI is InChI=1S/C28H26N4/c1-20-11-6-8-16-24(20)30(2)22-14-10-18-26-27(19-22)31(21-12-4-3-5-13-21)28-29-23-15-7-9-17-25(23)32(26)28/h3-13,15-18,22H,14,19H2,1-2H3. The number of rotatable bonds is 3. The average molecular weight is 419 g/mol. The summed E-state index contributed by atoms with van der Waals surface area (Å²) in [5.41, 5.74) is 8.48. The van der Waals surface area contributed by atoms with Crippen LogP contribution in [0.1, 0.15) is 23.4 Å². The van der Waals surface area contributed by atoms with Gasteiger partial charge in [0.1, 0.15) is 0 Å². The van der Waals surface area contributed by atoms with E-state index in [0.29, 0.717) is 6.04 Å². The molecule has 0 bridgehead atoms. The van der Waals surface area contributed by atoms with Crippen molar-refractivity contribution in [2.75, 3.05) is 11.9 Å². The minimum Gasteiger partial charge on any atom is -0.371 e. The number of aryl methyl sites for hydroxylation is 1. The SMILES string of the molecule is Cc1ccccc1N(C)C1CC=Cc2c(n(-c3ccccc3)c3nc4ccccc4n23)C1. The Morgan fingerprint density at radius 3 is 2.50 bits per heavy atom. The Morgan fingerprint density at radius 2 is 1.66 bits per heavy atom. The van der Waals surface area contributed by atoms with Gasteiger partial charge in [-0.15, -0.1) is 0 Å². The van der Waals surface area contributed by atoms with Crippen molar-refractivity contribution in [3.8, 4) is 5.69 Å². The van der Waals surface area contributed by atoms with E-state index in [-0.39, 0.29) is 0 Å². The quantitative estimate of drug-likeness (QED) is 0.356. The Labute approximate surface area is 188 Å². The molecule has 4 heteroatoms. The molecule has 0 spiro atoms. The third-order valence-corrected chi connectivity index (χ3v) is 6.72. The minimum absolute atomic E-state index is 0.363. The van der Waals surface area contributed by atoms with Gasteiger partial charge in [0, 0.05) is 30.9 Å². The highest BCUT2D eigenvalue weighted by Gasteiger charge is 2.27. The molecule has 3 aromatic carbocycles. The third-order valence-electron chi connectivity index (χ3n) is 6.72. The number of benzene rings is 3. The molecule has 0 saturated heterocycles. The second-order valence-corrected chi connectivity index (χ2v) is 8.63. The van der Waals surface area contributed by atoms with E-state index in [1.165, 1.54) is 22.6 Å². The minimum atomic E-state index is 0.363. The van der Waals surface area contributed by atoms with Gasteiger partial charge in [0.2, 0.25) is 5.78 Å². The predicted molar refractivity (Wildman–Crippen MR) is 133 cm³/mol. The second-order valence-electron chi connectivity index (χ2n) is 8.63. The zero-order valence-corrected chi connectivity index (χ0v) is 18.4. The molecule has 0 saturated carbocycles. The van der Waals surface area contributed by atoms with Gasteiger partial charge in [-0.2, -0.15) is 0 Å². The normalized spacial score (nSPS) is 15.8. The lowest BCUT2D eigenvalue weighted by Gasteiger charge is -2.30. The number of nitrogens with zero attached hydrogens (tertiary/aromatic N) is 4. The van der Waals surface area contributed by atoms with Gasteiger partial charge in [0.05, 0.1) is 22.4 Å². The first kappa shape index (κ1) is 18.9. The van der Waals surface area contributed by atoms with Crippen molar-refractivity contribution >= 4 is 28.6 Å². The summed E-state index contributed by atoms with van der Waals surface area (Å²) in [6.45, 7) is 2.19. The molecule has 158 valence electrons. The highest BCUT2D eigenvalue weighted by atomic mass is 15.2. The summed E-state index contributed by atoms with van der Waals surface area (Å²) in [6, 6.07) is 28.1. The first-order valence-corrected chi connectivity index (χ1v) is 11.2. The van der Waals surface area contributed by atoms with Crippen LogP contribution in [0.4, 0.5) is 5.69 Å². The second kappa shape index (κ2) is 7.41. The summed E-state index contributed by atoms with van der Waals surface area (Å²) < 4.78 is 4.67. The van der Waals surface area contributed by atoms with Crippen molar-refractivity contribution in [1.29, 1.82) is 0 Å². The van der Waals surface area contributed by atoms with Crippen molar-refractivity contribution < 1.29 is 0 Å². The third kappa shape index (κ3) is 2.87. The molecule has 0 fully saturated rings. The Hall–Kier alpha value is -3.79. The largest absolute Gasteiger partial charge is 0.371 e. The molecular weight excluding hydrogens is 392 g/mol. The van der Waals surface area contributed by atoms with Crippen LogP contribution in [0, 0.1) is 6.92 Å². The molecule has 0 aliphatic heterocycles. The number of para-hydroxylation sites is 4. The predicted octanol–water partition coefficient (Wildman–Crippen LogP) is 6.05. The van der Waals surface area contributed by atoms with Crippen LogP contribution in [0.2, 0.25) is 0 Å². The maximum absolute atomic E-state index is 5.05. The lowest BCUT2D eigenvalue weighted by atomic mass is 10.0. The lowest BCUT2D eigenvalue weighted by molar-refractivity contribution is 0.622. The van der Waals surface area contributed by atoms with Crippen LogP contribution in [-0.2, 0) is 6.42 Å². The van der Waals surface area contributed by atoms with E-state index in [0.717, 1.165) is 35.3 Å². The van der Waals surface area contributed by atoms with E-state index in [2.05, 4.69) is 119 Å². The molecule has 2 aromatic heterocycles. The molecule has 32 heavy (non-hydrogen) atoms. The van der Waals surface area contributed by atoms with E-state index in [9.17, 15) is 0 Å². The summed E-state index contributed by atoms with van der Waals surface area (Å²) in [7, 11) is 2.22. The fraction of sp³-hybridized carbons (Fsp3) is 0.179. The van der Waals surface area contributed by atoms with Gasteiger partial charge in [0.25, 0.3) is 0 Å². The maximum Gasteiger partial charge on any atom is 0.220 e. The summed E-state index contributed by atoms with van der Waals surface area (Å²) in [6.07, 6.45) is 6.57. The van der Waals surface area contributed by atoms with Gasteiger partial charge in [-0.25, -0.2) is 4.98 Å². The van der Waals surface area contributed by atoms with E-state index in [4.69, 9.17) is 4.98 Å². The Balaban J connectivity index is 1.57. The van der Waals surface area contributed by atoms with Crippen LogP contribution in [0.3, 0.4) is 0 Å². The van der Waals surface area contributed by atoms with Crippen molar-refractivity contribution in [2.45, 2.75) is 25.8 Å². The molecule has 0 amide bonds. The first-order valence-electron chi connectivity index (χ1n) is 11.2. The molecule has 4 nitrogen and oxygen atoms in total. The smallest absolute Gasteiger partial charge is 0.220 e. The van der Waals surface area contributed by atoms with Crippen LogP contribution < -0.4 is 4.90 Å². The summed E-state index contributed by atoms with van der Waals surface area (Å²) in [5, 5.41) is 0. The van der Waals surface area contributed by atoms with Crippen LogP contribution in [0.15, 0.2) is 84.9 Å². The van der Waals surface area contributed by atoms with Gasteiger partial charge in [0.15, 0.2) is 0 Å². The number of hydrogen-bond donors (Lipinski definition) is 0. The fourth-order valence-corrected chi connectivity index (χ4v) is 5.07. The Bertz CT molecular complexity index is 1460. The van der Waals surface area contributed by atoms with Crippen LogP contribution >= 0.6 is 0 Å². The number of hydrogen-bond acceptors (Lipinski definition) is 2. The molecule has 1 aliphatic carbocycles. The molecule has 1 unspecified atom stereocenters. The Kier molecular flexibility index (Phi) is 4.39. The van der Waals surface area contributed by atoms with Gasteiger partial charge in [-0.05, 0) is 55.3 Å². The molecule has 6 rings (SSSR count). The summed E-state index contributed by atoms with van der Waals surface area (Å²) in [5.74, 6) is 0.978. The van der Waals surface area contributed by atoms with Gasteiger partial charge in [-0.3, -0.25) is 8.97 Å². The molecule has 5 aromatic rings. The van der Waals surface area contributed by atoms with Crippen LogP contribution in [-0.4, -0.2) is 27.0 Å². The monoisotopic (exact) mass is 418 g/mol. The Morgan fingerprint density at radius 1 is 0.906 bits per heavy atom. The van der Waals surface area contributed by atoms with E-state index in [1.54, 1.807) is 0 Å². The van der Waals surface area contributed by atoms with Crippen LogP contribution in [0.5, 0.6) is 0 Å².